The summed E-state index contributed by atoms with van der Waals surface area (Å²) in [6, 6.07) is 11.5. The molecule has 2 heterocycles. The number of nitrogens with two attached hydrogens (primary N) is 1. The van der Waals surface area contributed by atoms with Gasteiger partial charge in [0.05, 0.1) is 18.6 Å². The summed E-state index contributed by atoms with van der Waals surface area (Å²) >= 11 is 0. The first kappa shape index (κ1) is 21.9. The molecule has 0 bridgehead atoms. The molecule has 1 aromatic heterocycles. The lowest BCUT2D eigenvalue weighted by atomic mass is 9.83. The summed E-state index contributed by atoms with van der Waals surface area (Å²) in [7, 11) is 1.46. The van der Waals surface area contributed by atoms with Crippen molar-refractivity contribution in [2.75, 3.05) is 7.11 Å². The smallest absolute Gasteiger partial charge is 0.343 e. The van der Waals surface area contributed by atoms with Gasteiger partial charge >= 0.3 is 5.63 Å². The molecular weight excluding hydrogens is 434 g/mol. The summed E-state index contributed by atoms with van der Waals surface area (Å²) in [5.74, 6) is -1.73. The lowest BCUT2D eigenvalue weighted by Crippen LogP contribution is -2.26. The fraction of sp³-hybridized carbons (Fsp3) is 0.167. The maximum Gasteiger partial charge on any atom is 0.343 e. The van der Waals surface area contributed by atoms with Crippen molar-refractivity contribution in [3.05, 3.63) is 98.4 Å². The molecule has 0 spiro atoms. The number of aryl methyl sites for hydroxylation is 1. The third-order valence-corrected chi connectivity index (χ3v) is 5.17. The van der Waals surface area contributed by atoms with Gasteiger partial charge in [-0.2, -0.15) is 5.26 Å². The summed E-state index contributed by atoms with van der Waals surface area (Å²) in [5, 5.41) is 9.72. The lowest BCUT2D eigenvalue weighted by molar-refractivity contribution is 0.281. The van der Waals surface area contributed by atoms with E-state index in [0.717, 1.165) is 12.1 Å². The molecule has 168 valence electrons. The highest BCUT2D eigenvalue weighted by atomic mass is 19.1. The zero-order valence-corrected chi connectivity index (χ0v) is 17.6. The van der Waals surface area contributed by atoms with E-state index in [4.69, 9.17) is 24.4 Å². The number of benzene rings is 2. The molecule has 9 heteroatoms. The third kappa shape index (κ3) is 4.11. The van der Waals surface area contributed by atoms with Gasteiger partial charge in [0.2, 0.25) is 5.88 Å². The second kappa shape index (κ2) is 8.67. The maximum absolute atomic E-state index is 14.0. The Morgan fingerprint density at radius 3 is 2.61 bits per heavy atom. The van der Waals surface area contributed by atoms with Crippen LogP contribution >= 0.6 is 0 Å². The van der Waals surface area contributed by atoms with E-state index >= 15 is 0 Å². The van der Waals surface area contributed by atoms with E-state index in [2.05, 4.69) is 0 Å². The van der Waals surface area contributed by atoms with Gasteiger partial charge in [0, 0.05) is 17.7 Å². The van der Waals surface area contributed by atoms with Gasteiger partial charge in [-0.1, -0.05) is 6.07 Å². The van der Waals surface area contributed by atoms with Crippen LogP contribution in [0.2, 0.25) is 0 Å². The Morgan fingerprint density at radius 2 is 1.91 bits per heavy atom. The maximum atomic E-state index is 14.0. The molecule has 0 radical (unpaired) electrons. The van der Waals surface area contributed by atoms with Crippen LogP contribution in [0.5, 0.6) is 17.2 Å². The van der Waals surface area contributed by atoms with Gasteiger partial charge in [-0.05, 0) is 36.8 Å². The molecule has 0 aliphatic carbocycles. The molecule has 4 rings (SSSR count). The van der Waals surface area contributed by atoms with Crippen molar-refractivity contribution >= 4 is 0 Å². The normalized spacial score (nSPS) is 14.8. The molecule has 0 unspecified atom stereocenters. The first-order valence-electron chi connectivity index (χ1n) is 9.79. The van der Waals surface area contributed by atoms with E-state index < -0.39 is 23.2 Å². The van der Waals surface area contributed by atoms with Crippen molar-refractivity contribution in [2.45, 2.75) is 19.4 Å². The molecule has 7 nitrogen and oxygen atoms in total. The van der Waals surface area contributed by atoms with Gasteiger partial charge in [0.15, 0.2) is 11.6 Å². The summed E-state index contributed by atoms with van der Waals surface area (Å²) in [6.45, 7) is 1.47. The van der Waals surface area contributed by atoms with Gasteiger partial charge in [-0.3, -0.25) is 0 Å². The van der Waals surface area contributed by atoms with Crippen molar-refractivity contribution < 1.29 is 27.4 Å². The van der Waals surface area contributed by atoms with Crippen LogP contribution in [0, 0.1) is 29.9 Å². The van der Waals surface area contributed by atoms with Crippen molar-refractivity contribution in [3.63, 3.8) is 0 Å². The Hall–Kier alpha value is -4.32. The second-order valence-electron chi connectivity index (χ2n) is 7.28. The van der Waals surface area contributed by atoms with Crippen LogP contribution in [0.1, 0.15) is 28.4 Å². The Morgan fingerprint density at radius 1 is 1.15 bits per heavy atom. The number of fused-ring (bicyclic) bond motifs is 1. The standard InChI is InChI=1S/C24H18F2N2O5/c1-12-7-20-22(24(29)32-12)21(16(10-27)23(28)33-20)13-3-5-18(30-2)14(8-13)11-31-19-6-4-15(25)9-17(19)26/h3-9,21H,11,28H2,1-2H3/t21-/m0/s1. The molecule has 1 aliphatic rings. The van der Waals surface area contributed by atoms with E-state index in [1.54, 1.807) is 25.1 Å². The molecular formula is C24H18F2N2O5. The first-order chi connectivity index (χ1) is 15.8. The fourth-order valence-corrected chi connectivity index (χ4v) is 3.69. The Bertz CT molecular complexity index is 1370. The van der Waals surface area contributed by atoms with Crippen molar-refractivity contribution in [1.82, 2.24) is 0 Å². The van der Waals surface area contributed by atoms with Gasteiger partial charge in [-0.15, -0.1) is 0 Å². The SMILES string of the molecule is COc1ccc([C@H]2C(C#N)=C(N)Oc3cc(C)oc(=O)c32)cc1COc1ccc(F)cc1F. The minimum atomic E-state index is -0.859. The molecule has 0 amide bonds. The number of nitriles is 1. The fourth-order valence-electron chi connectivity index (χ4n) is 3.69. The number of ether oxygens (including phenoxy) is 3. The number of rotatable bonds is 5. The predicted octanol–water partition coefficient (Wildman–Crippen LogP) is 4.03. The van der Waals surface area contributed by atoms with Crippen LogP contribution in [-0.2, 0) is 6.61 Å². The highest BCUT2D eigenvalue weighted by molar-refractivity contribution is 5.56. The topological polar surface area (TPSA) is 108 Å². The zero-order valence-electron chi connectivity index (χ0n) is 17.6. The lowest BCUT2D eigenvalue weighted by Gasteiger charge is -2.25. The first-order valence-corrected chi connectivity index (χ1v) is 9.79. The highest BCUT2D eigenvalue weighted by Gasteiger charge is 2.34. The molecule has 0 fully saturated rings. The average Bonchev–Trinajstić information content (AvgIpc) is 2.77. The quantitative estimate of drug-likeness (QED) is 0.623. The van der Waals surface area contributed by atoms with Gasteiger partial charge in [-0.25, -0.2) is 13.6 Å². The van der Waals surface area contributed by atoms with Gasteiger partial charge in [0.1, 0.15) is 41.3 Å². The Labute approximate surface area is 187 Å². The minimum Gasteiger partial charge on any atom is -0.496 e. The monoisotopic (exact) mass is 452 g/mol. The molecule has 1 aliphatic heterocycles. The largest absolute Gasteiger partial charge is 0.496 e. The van der Waals surface area contributed by atoms with Crippen molar-refractivity contribution in [3.8, 4) is 23.3 Å². The van der Waals surface area contributed by atoms with Crippen molar-refractivity contribution in [2.24, 2.45) is 5.73 Å². The van der Waals surface area contributed by atoms with Gasteiger partial charge in [0.25, 0.3) is 0 Å². The zero-order chi connectivity index (χ0) is 23.7. The molecule has 0 saturated heterocycles. The number of hydrogen-bond acceptors (Lipinski definition) is 7. The van der Waals surface area contributed by atoms with E-state index in [0.29, 0.717) is 22.6 Å². The average molecular weight is 452 g/mol. The summed E-state index contributed by atoms with van der Waals surface area (Å²) in [5.41, 5.74) is 6.51. The van der Waals surface area contributed by atoms with E-state index in [1.165, 1.54) is 19.2 Å². The summed E-state index contributed by atoms with van der Waals surface area (Å²) in [6.07, 6.45) is 0. The molecule has 0 saturated carbocycles. The highest BCUT2D eigenvalue weighted by Crippen LogP contribution is 2.41. The minimum absolute atomic E-state index is 0.0419. The van der Waals surface area contributed by atoms with E-state index in [1.807, 2.05) is 6.07 Å². The number of nitrogens with zero attached hydrogens (tertiary/aromatic N) is 1. The Balaban J connectivity index is 1.78. The predicted molar refractivity (Wildman–Crippen MR) is 113 cm³/mol. The number of hydrogen-bond donors (Lipinski definition) is 1. The van der Waals surface area contributed by atoms with Crippen LogP contribution in [-0.4, -0.2) is 7.11 Å². The second-order valence-corrected chi connectivity index (χ2v) is 7.28. The van der Waals surface area contributed by atoms with Crippen LogP contribution < -0.4 is 25.6 Å². The molecule has 33 heavy (non-hydrogen) atoms. The number of halogens is 2. The van der Waals surface area contributed by atoms with Crippen LogP contribution in [0.25, 0.3) is 0 Å². The molecule has 2 N–H and O–H groups in total. The van der Waals surface area contributed by atoms with Crippen LogP contribution in [0.3, 0.4) is 0 Å². The summed E-state index contributed by atoms with van der Waals surface area (Å²) < 4.78 is 48.8. The van der Waals surface area contributed by atoms with Crippen molar-refractivity contribution in [1.29, 1.82) is 5.26 Å². The number of allylic oxidation sites excluding steroid dienone is 1. The molecule has 1 atom stereocenters. The van der Waals surface area contributed by atoms with E-state index in [-0.39, 0.29) is 35.1 Å². The molecule has 2 aromatic carbocycles. The Kier molecular flexibility index (Phi) is 5.75. The molecule has 3 aromatic rings. The van der Waals surface area contributed by atoms with Crippen LogP contribution in [0.15, 0.2) is 63.1 Å². The van der Waals surface area contributed by atoms with Gasteiger partial charge < -0.3 is 24.4 Å². The van der Waals surface area contributed by atoms with Crippen LogP contribution in [0.4, 0.5) is 8.78 Å². The van der Waals surface area contributed by atoms with E-state index in [9.17, 15) is 18.8 Å². The third-order valence-electron chi connectivity index (χ3n) is 5.17. The number of methoxy groups -OCH3 is 1. The summed E-state index contributed by atoms with van der Waals surface area (Å²) in [4.78, 5) is 12.7.